The van der Waals surface area contributed by atoms with E-state index in [1.807, 2.05) is 31.2 Å². The van der Waals surface area contributed by atoms with Gasteiger partial charge in [-0.3, -0.25) is 24.5 Å². The lowest BCUT2D eigenvalue weighted by molar-refractivity contribution is -0.384. The number of thiazole rings is 1. The summed E-state index contributed by atoms with van der Waals surface area (Å²) in [6.07, 6.45) is 0. The lowest BCUT2D eigenvalue weighted by atomic mass is 9.82. The highest BCUT2D eigenvalue weighted by molar-refractivity contribution is 8.00. The quantitative estimate of drug-likeness (QED) is 0.173. The zero-order valence-electron chi connectivity index (χ0n) is 20.8. The Morgan fingerprint density at radius 2 is 1.82 bits per heavy atom. The van der Waals surface area contributed by atoms with Gasteiger partial charge >= 0.3 is 4.87 Å². The number of carbonyl (C=O) groups is 2. The molecule has 0 aliphatic carbocycles. The van der Waals surface area contributed by atoms with Crippen LogP contribution in [0.1, 0.15) is 27.5 Å². The summed E-state index contributed by atoms with van der Waals surface area (Å²) in [6, 6.07) is 18.3. The highest BCUT2D eigenvalue weighted by Crippen LogP contribution is 2.54. The maximum atomic E-state index is 14.0. The van der Waals surface area contributed by atoms with Gasteiger partial charge in [0.15, 0.2) is 0 Å². The third kappa shape index (κ3) is 4.59. The maximum absolute atomic E-state index is 14.0. The van der Waals surface area contributed by atoms with E-state index in [1.54, 1.807) is 18.2 Å². The van der Waals surface area contributed by atoms with Gasteiger partial charge in [0.2, 0.25) is 11.8 Å². The molecule has 3 atom stereocenters. The molecule has 0 bridgehead atoms. The first-order valence-electron chi connectivity index (χ1n) is 12.2. The van der Waals surface area contributed by atoms with Crippen LogP contribution in [0.2, 0.25) is 5.02 Å². The van der Waals surface area contributed by atoms with Crippen LogP contribution in [0, 0.1) is 23.0 Å². The fourth-order valence-electron chi connectivity index (χ4n) is 5.19. The molecule has 4 aromatic rings. The van der Waals surface area contributed by atoms with Gasteiger partial charge in [-0.05, 0) is 42.8 Å². The van der Waals surface area contributed by atoms with E-state index in [1.165, 1.54) is 24.3 Å². The number of halogens is 1. The Balaban J connectivity index is 1.43. The van der Waals surface area contributed by atoms with Crippen molar-refractivity contribution in [3.05, 3.63) is 113 Å². The number of hydrogen-bond donors (Lipinski definition) is 1. The van der Waals surface area contributed by atoms with Crippen molar-refractivity contribution in [3.63, 3.8) is 0 Å². The molecule has 0 saturated carbocycles. The molecule has 2 amide bonds. The average molecular weight is 594 g/mol. The lowest BCUT2D eigenvalue weighted by Gasteiger charge is -2.31. The SMILES string of the molecule is Cc1cccc(COc2ccc(Cl)cc2[C@@H]2c3sc(=O)[nH]c3S[C@H]3C(=O)N(c4ccc([N+](=O)[O-])cc4)C(=O)[C@@H]23)c1. The van der Waals surface area contributed by atoms with Crippen LogP contribution >= 0.6 is 34.7 Å². The van der Waals surface area contributed by atoms with Crippen molar-refractivity contribution in [2.24, 2.45) is 5.92 Å². The van der Waals surface area contributed by atoms with Crippen LogP contribution in [-0.4, -0.2) is 27.0 Å². The van der Waals surface area contributed by atoms with Crippen LogP contribution in [-0.2, 0) is 16.2 Å². The van der Waals surface area contributed by atoms with Crippen LogP contribution in [0.25, 0.3) is 0 Å². The van der Waals surface area contributed by atoms with Crippen molar-refractivity contribution in [2.75, 3.05) is 4.90 Å². The molecular weight excluding hydrogens is 574 g/mol. The number of amides is 2. The smallest absolute Gasteiger partial charge is 0.305 e. The van der Waals surface area contributed by atoms with Gasteiger partial charge in [0.1, 0.15) is 17.6 Å². The molecule has 202 valence electrons. The second-order valence-corrected chi connectivity index (χ2v) is 12.1. The first-order valence-corrected chi connectivity index (χ1v) is 14.3. The van der Waals surface area contributed by atoms with E-state index in [-0.39, 0.29) is 22.9 Å². The van der Waals surface area contributed by atoms with Crippen LogP contribution in [0.15, 0.2) is 76.6 Å². The minimum absolute atomic E-state index is 0.151. The van der Waals surface area contributed by atoms with Crippen LogP contribution in [0.5, 0.6) is 5.75 Å². The third-order valence-electron chi connectivity index (χ3n) is 6.93. The molecule has 0 spiro atoms. The van der Waals surface area contributed by atoms with Gasteiger partial charge in [-0.1, -0.05) is 64.5 Å². The van der Waals surface area contributed by atoms with Crippen LogP contribution < -0.4 is 14.5 Å². The normalized spacial score (nSPS) is 19.9. The number of aromatic amines is 1. The molecule has 1 aromatic heterocycles. The number of anilines is 1. The highest BCUT2D eigenvalue weighted by atomic mass is 35.5. The Morgan fingerprint density at radius 3 is 2.55 bits per heavy atom. The van der Waals surface area contributed by atoms with Gasteiger partial charge in [0.25, 0.3) is 5.69 Å². The van der Waals surface area contributed by atoms with Gasteiger partial charge in [0, 0.05) is 33.5 Å². The number of rotatable bonds is 6. The molecule has 6 rings (SSSR count). The number of nitrogens with zero attached hydrogens (tertiary/aromatic N) is 2. The highest BCUT2D eigenvalue weighted by Gasteiger charge is 2.56. The first kappa shape index (κ1) is 26.3. The fourth-order valence-corrected chi connectivity index (χ4v) is 7.87. The number of nitro groups is 1. The Hall–Kier alpha value is -3.93. The number of nitro benzene ring substituents is 1. The summed E-state index contributed by atoms with van der Waals surface area (Å²) in [5.74, 6) is -1.97. The third-order valence-corrected chi connectivity index (χ3v) is 9.56. The minimum Gasteiger partial charge on any atom is -0.489 e. The number of thioether (sulfide) groups is 1. The van der Waals surface area contributed by atoms with Crippen molar-refractivity contribution in [3.8, 4) is 5.75 Å². The number of non-ortho nitro benzene ring substituents is 1. The maximum Gasteiger partial charge on any atom is 0.305 e. The summed E-state index contributed by atoms with van der Waals surface area (Å²) in [5.41, 5.74) is 2.74. The Kier molecular flexibility index (Phi) is 6.73. The van der Waals surface area contributed by atoms with E-state index in [2.05, 4.69) is 4.98 Å². The predicted octanol–water partition coefficient (Wildman–Crippen LogP) is 5.68. The van der Waals surface area contributed by atoms with Gasteiger partial charge in [-0.2, -0.15) is 0 Å². The standard InChI is InChI=1S/C28H20ClN3O6S2/c1-14-3-2-4-15(11-14)13-38-20-10-5-16(29)12-19(20)21-22-24(39-25-23(21)40-28(35)30-25)27(34)31(26(22)33)17-6-8-18(9-7-17)32(36)37/h2-12,21-22,24H,13H2,1H3,(H,30,35)/t21-,22-,24+/m0/s1. The fraction of sp³-hybridized carbons (Fsp3) is 0.179. The summed E-state index contributed by atoms with van der Waals surface area (Å²) >= 11 is 8.57. The topological polar surface area (TPSA) is 123 Å². The predicted molar refractivity (Wildman–Crippen MR) is 152 cm³/mol. The van der Waals surface area contributed by atoms with Crippen molar-refractivity contribution in [1.82, 2.24) is 4.98 Å². The Morgan fingerprint density at radius 1 is 1.05 bits per heavy atom. The first-order chi connectivity index (χ1) is 19.2. The monoisotopic (exact) mass is 593 g/mol. The average Bonchev–Trinajstić information content (AvgIpc) is 3.42. The molecule has 2 aliphatic heterocycles. The van der Waals surface area contributed by atoms with E-state index in [0.29, 0.717) is 26.2 Å². The van der Waals surface area contributed by atoms with Crippen LogP contribution in [0.4, 0.5) is 11.4 Å². The number of fused-ring (bicyclic) bond motifs is 2. The molecule has 9 nitrogen and oxygen atoms in total. The number of ether oxygens (including phenoxy) is 1. The van der Waals surface area contributed by atoms with Crippen molar-refractivity contribution < 1.29 is 19.2 Å². The van der Waals surface area contributed by atoms with Crippen LogP contribution in [0.3, 0.4) is 0 Å². The molecule has 1 N–H and O–H groups in total. The summed E-state index contributed by atoms with van der Waals surface area (Å²) in [7, 11) is 0. The molecule has 3 heterocycles. The van der Waals surface area contributed by atoms with Crippen molar-refractivity contribution >= 4 is 57.9 Å². The number of carbonyl (C=O) groups excluding carboxylic acids is 2. The second-order valence-electron chi connectivity index (χ2n) is 9.50. The van der Waals surface area contributed by atoms with Gasteiger partial charge in [-0.25, -0.2) is 4.90 Å². The number of aryl methyl sites for hydroxylation is 1. The van der Waals surface area contributed by atoms with Crippen molar-refractivity contribution in [1.29, 1.82) is 0 Å². The molecule has 3 aromatic carbocycles. The number of benzene rings is 3. The van der Waals surface area contributed by atoms with Crippen molar-refractivity contribution in [2.45, 2.75) is 29.7 Å². The van der Waals surface area contributed by atoms with Gasteiger partial charge in [-0.15, -0.1) is 0 Å². The number of hydrogen-bond acceptors (Lipinski definition) is 8. The number of nitrogens with one attached hydrogen (secondary N) is 1. The summed E-state index contributed by atoms with van der Waals surface area (Å²) < 4.78 is 6.24. The lowest BCUT2D eigenvalue weighted by Crippen LogP contribution is -2.32. The molecule has 0 unspecified atom stereocenters. The molecule has 40 heavy (non-hydrogen) atoms. The van der Waals surface area contributed by atoms with E-state index < -0.39 is 33.8 Å². The Labute approximate surface area is 240 Å². The van der Waals surface area contributed by atoms with Gasteiger partial charge < -0.3 is 9.72 Å². The van der Waals surface area contributed by atoms with E-state index in [9.17, 15) is 24.5 Å². The van der Waals surface area contributed by atoms with E-state index in [4.69, 9.17) is 16.3 Å². The molecule has 2 aliphatic rings. The van der Waals surface area contributed by atoms with E-state index in [0.717, 1.165) is 39.1 Å². The largest absolute Gasteiger partial charge is 0.489 e. The molecule has 1 saturated heterocycles. The number of imide groups is 1. The number of H-pyrrole nitrogens is 1. The summed E-state index contributed by atoms with van der Waals surface area (Å²) in [5, 5.41) is 11.2. The second kappa shape index (κ2) is 10.2. The molecule has 1 fully saturated rings. The zero-order valence-corrected chi connectivity index (χ0v) is 23.2. The minimum atomic E-state index is -0.855. The van der Waals surface area contributed by atoms with Gasteiger partial charge in [0.05, 0.1) is 21.6 Å². The summed E-state index contributed by atoms with van der Waals surface area (Å²) in [6.45, 7) is 2.26. The summed E-state index contributed by atoms with van der Waals surface area (Å²) in [4.78, 5) is 54.9. The zero-order chi connectivity index (χ0) is 28.1. The van der Waals surface area contributed by atoms with E-state index >= 15 is 0 Å². The Bertz CT molecular complexity index is 1730. The molecular formula is C28H20ClN3O6S2. The number of aromatic nitrogens is 1. The molecule has 0 radical (unpaired) electrons. The molecule has 12 heteroatoms.